The quantitative estimate of drug-likeness (QED) is 0.753. The van der Waals surface area contributed by atoms with Crippen molar-refractivity contribution in [2.75, 3.05) is 5.32 Å². The zero-order chi connectivity index (χ0) is 16.8. The molecule has 0 saturated heterocycles. The molecule has 0 spiro atoms. The van der Waals surface area contributed by atoms with E-state index in [9.17, 15) is 4.79 Å². The van der Waals surface area contributed by atoms with Crippen molar-refractivity contribution in [3.63, 3.8) is 0 Å². The maximum atomic E-state index is 12.2. The van der Waals surface area contributed by atoms with Gasteiger partial charge in [-0.1, -0.05) is 41.6 Å². The standard InChI is InChI=1S/C18H17N3O3/c1-13-6-5-9-19-17(13)20-18(22)16-10-15(24-21-16)12-23-11-14-7-3-2-4-8-14/h2-10H,11-12H2,1H3,(H,19,20,22). The Morgan fingerprint density at radius 2 is 2.00 bits per heavy atom. The first-order chi connectivity index (χ1) is 11.7. The van der Waals surface area contributed by atoms with Gasteiger partial charge >= 0.3 is 0 Å². The van der Waals surface area contributed by atoms with Gasteiger partial charge in [-0.15, -0.1) is 0 Å². The fourth-order valence-corrected chi connectivity index (χ4v) is 2.12. The summed E-state index contributed by atoms with van der Waals surface area (Å²) >= 11 is 0. The number of aromatic nitrogens is 2. The van der Waals surface area contributed by atoms with Gasteiger partial charge < -0.3 is 14.6 Å². The van der Waals surface area contributed by atoms with Crippen LogP contribution in [-0.4, -0.2) is 16.0 Å². The predicted molar refractivity (Wildman–Crippen MR) is 88.4 cm³/mol. The van der Waals surface area contributed by atoms with Gasteiger partial charge in [-0.05, 0) is 24.1 Å². The van der Waals surface area contributed by atoms with Gasteiger partial charge in [-0.2, -0.15) is 0 Å². The maximum absolute atomic E-state index is 12.2. The van der Waals surface area contributed by atoms with Gasteiger partial charge in [0.2, 0.25) is 0 Å². The Morgan fingerprint density at radius 1 is 1.17 bits per heavy atom. The number of amides is 1. The van der Waals surface area contributed by atoms with E-state index < -0.39 is 0 Å². The van der Waals surface area contributed by atoms with Crippen molar-refractivity contribution in [2.24, 2.45) is 0 Å². The van der Waals surface area contributed by atoms with Crippen molar-refractivity contribution in [2.45, 2.75) is 20.1 Å². The van der Waals surface area contributed by atoms with Crippen LogP contribution in [0.4, 0.5) is 5.82 Å². The summed E-state index contributed by atoms with van der Waals surface area (Å²) in [4.78, 5) is 16.3. The summed E-state index contributed by atoms with van der Waals surface area (Å²) in [6, 6.07) is 15.1. The third-order valence-corrected chi connectivity index (χ3v) is 3.39. The van der Waals surface area contributed by atoms with E-state index in [0.29, 0.717) is 18.2 Å². The summed E-state index contributed by atoms with van der Waals surface area (Å²) in [5.74, 6) is 0.635. The second-order valence-electron chi connectivity index (χ2n) is 5.28. The molecule has 0 aliphatic carbocycles. The zero-order valence-electron chi connectivity index (χ0n) is 13.2. The van der Waals surface area contributed by atoms with Crippen LogP contribution in [0.5, 0.6) is 0 Å². The number of anilines is 1. The molecule has 0 aliphatic rings. The van der Waals surface area contributed by atoms with Crippen LogP contribution in [0.2, 0.25) is 0 Å². The first-order valence-corrected chi connectivity index (χ1v) is 7.52. The Balaban J connectivity index is 1.55. The molecule has 1 amide bonds. The highest BCUT2D eigenvalue weighted by atomic mass is 16.5. The molecule has 0 radical (unpaired) electrons. The fraction of sp³-hybridized carbons (Fsp3) is 0.167. The van der Waals surface area contributed by atoms with Crippen molar-refractivity contribution in [3.8, 4) is 0 Å². The SMILES string of the molecule is Cc1cccnc1NC(=O)c1cc(COCc2ccccc2)on1. The van der Waals surface area contributed by atoms with Crippen molar-refractivity contribution in [3.05, 3.63) is 77.3 Å². The number of nitrogens with zero attached hydrogens (tertiary/aromatic N) is 2. The number of ether oxygens (including phenoxy) is 1. The minimum Gasteiger partial charge on any atom is -0.369 e. The van der Waals surface area contributed by atoms with E-state index in [0.717, 1.165) is 11.1 Å². The molecule has 2 aromatic heterocycles. The van der Waals surface area contributed by atoms with E-state index >= 15 is 0 Å². The fourth-order valence-electron chi connectivity index (χ4n) is 2.12. The molecule has 1 N–H and O–H groups in total. The minimum absolute atomic E-state index is 0.193. The molecule has 3 rings (SSSR count). The molecule has 0 unspecified atom stereocenters. The first kappa shape index (κ1) is 15.9. The second kappa shape index (κ2) is 7.52. The van der Waals surface area contributed by atoms with Crippen molar-refractivity contribution >= 4 is 11.7 Å². The predicted octanol–water partition coefficient (Wildman–Crippen LogP) is 3.35. The Hall–Kier alpha value is -2.99. The number of benzene rings is 1. The number of carbonyl (C=O) groups is 1. The van der Waals surface area contributed by atoms with Crippen LogP contribution in [0.1, 0.15) is 27.4 Å². The monoisotopic (exact) mass is 323 g/mol. The second-order valence-corrected chi connectivity index (χ2v) is 5.28. The number of hydrogen-bond donors (Lipinski definition) is 1. The van der Waals surface area contributed by atoms with Gasteiger partial charge in [-0.25, -0.2) is 4.98 Å². The maximum Gasteiger partial charge on any atom is 0.279 e. The van der Waals surface area contributed by atoms with Crippen LogP contribution in [-0.2, 0) is 18.0 Å². The van der Waals surface area contributed by atoms with Gasteiger partial charge in [0, 0.05) is 12.3 Å². The van der Waals surface area contributed by atoms with Crippen LogP contribution in [0.25, 0.3) is 0 Å². The number of carbonyl (C=O) groups excluding carboxylic acids is 1. The van der Waals surface area contributed by atoms with Gasteiger partial charge in [-0.3, -0.25) is 4.79 Å². The lowest BCUT2D eigenvalue weighted by atomic mass is 10.2. The minimum atomic E-state index is -0.366. The van der Waals surface area contributed by atoms with E-state index in [1.54, 1.807) is 12.3 Å². The lowest BCUT2D eigenvalue weighted by molar-refractivity contribution is 0.0881. The zero-order valence-corrected chi connectivity index (χ0v) is 13.2. The highest BCUT2D eigenvalue weighted by molar-refractivity contribution is 6.02. The van der Waals surface area contributed by atoms with E-state index in [2.05, 4.69) is 15.5 Å². The summed E-state index contributed by atoms with van der Waals surface area (Å²) in [5.41, 5.74) is 2.14. The number of nitrogens with one attached hydrogen (secondary N) is 1. The summed E-state index contributed by atoms with van der Waals surface area (Å²) < 4.78 is 10.7. The van der Waals surface area contributed by atoms with Crippen LogP contribution < -0.4 is 5.32 Å². The molecule has 0 saturated carbocycles. The van der Waals surface area contributed by atoms with Crippen molar-refractivity contribution in [1.29, 1.82) is 0 Å². The highest BCUT2D eigenvalue weighted by Gasteiger charge is 2.14. The molecule has 0 atom stereocenters. The van der Waals surface area contributed by atoms with Gasteiger partial charge in [0.25, 0.3) is 5.91 Å². The molecule has 0 bridgehead atoms. The van der Waals surface area contributed by atoms with Crippen LogP contribution in [0.15, 0.2) is 59.3 Å². The smallest absolute Gasteiger partial charge is 0.279 e. The Bertz CT molecular complexity index is 815. The molecule has 2 heterocycles. The summed E-state index contributed by atoms with van der Waals surface area (Å²) in [7, 11) is 0. The van der Waals surface area contributed by atoms with Crippen molar-refractivity contribution in [1.82, 2.24) is 10.1 Å². The Kier molecular flexibility index (Phi) is 4.98. The average Bonchev–Trinajstić information content (AvgIpc) is 3.07. The molecule has 0 fully saturated rings. The third-order valence-electron chi connectivity index (χ3n) is 3.39. The molecule has 24 heavy (non-hydrogen) atoms. The van der Waals surface area contributed by atoms with Gasteiger partial charge in [0.15, 0.2) is 11.5 Å². The van der Waals surface area contributed by atoms with Gasteiger partial charge in [0.05, 0.1) is 6.61 Å². The lowest BCUT2D eigenvalue weighted by Gasteiger charge is -2.04. The van der Waals surface area contributed by atoms with Crippen LogP contribution in [0, 0.1) is 6.92 Å². The molecule has 0 aliphatic heterocycles. The topological polar surface area (TPSA) is 77.2 Å². The summed E-state index contributed by atoms with van der Waals surface area (Å²) in [6.45, 7) is 2.59. The highest BCUT2D eigenvalue weighted by Crippen LogP contribution is 2.12. The lowest BCUT2D eigenvalue weighted by Crippen LogP contribution is -2.14. The van der Waals surface area contributed by atoms with Crippen LogP contribution >= 0.6 is 0 Å². The molecular formula is C18H17N3O3. The first-order valence-electron chi connectivity index (χ1n) is 7.52. The molecule has 6 heteroatoms. The number of pyridine rings is 1. The molecule has 3 aromatic rings. The largest absolute Gasteiger partial charge is 0.369 e. The third kappa shape index (κ3) is 4.05. The van der Waals surface area contributed by atoms with Crippen LogP contribution in [0.3, 0.4) is 0 Å². The normalized spacial score (nSPS) is 10.5. The average molecular weight is 323 g/mol. The van der Waals surface area contributed by atoms with E-state index in [4.69, 9.17) is 9.26 Å². The van der Waals surface area contributed by atoms with E-state index in [1.165, 1.54) is 0 Å². The molecule has 1 aromatic carbocycles. The van der Waals surface area contributed by atoms with E-state index in [-0.39, 0.29) is 18.2 Å². The van der Waals surface area contributed by atoms with Crippen molar-refractivity contribution < 1.29 is 14.1 Å². The Morgan fingerprint density at radius 3 is 2.79 bits per heavy atom. The number of rotatable bonds is 6. The molecule has 122 valence electrons. The molecule has 6 nitrogen and oxygen atoms in total. The molecular weight excluding hydrogens is 306 g/mol. The van der Waals surface area contributed by atoms with E-state index in [1.807, 2.05) is 49.4 Å². The van der Waals surface area contributed by atoms with Gasteiger partial charge in [0.1, 0.15) is 12.4 Å². The number of aryl methyl sites for hydroxylation is 1. The summed E-state index contributed by atoms with van der Waals surface area (Å²) in [6.07, 6.45) is 1.62. The number of hydrogen-bond acceptors (Lipinski definition) is 5. The Labute approximate surface area is 139 Å². The summed E-state index contributed by atoms with van der Waals surface area (Å²) in [5, 5.41) is 6.48.